The molecule has 0 bridgehead atoms. The van der Waals surface area contributed by atoms with Crippen molar-refractivity contribution in [3.8, 4) is 0 Å². The third-order valence-corrected chi connectivity index (χ3v) is 5.47. The molecule has 0 saturated carbocycles. The smallest absolute Gasteiger partial charge is 0.266 e. The van der Waals surface area contributed by atoms with Gasteiger partial charge in [0, 0.05) is 32.7 Å². The molecule has 1 aliphatic heterocycles. The topological polar surface area (TPSA) is 62.5 Å². The number of carbonyl (C=O) groups is 1. The molecule has 2 aromatic rings. The molecule has 1 fully saturated rings. The minimum absolute atomic E-state index is 0.0802. The molecular weight excluding hydrogens is 320 g/mol. The Hall–Kier alpha value is -1.92. The molecule has 5 nitrogen and oxygen atoms in total. The maximum atomic E-state index is 12.7. The minimum Gasteiger partial charge on any atom is -0.375 e. The molecule has 1 aliphatic rings. The molecule has 3 rings (SSSR count). The lowest BCUT2D eigenvalue weighted by atomic mass is 10.1. The number of nitrogens with two attached hydrogens (primary N) is 1. The van der Waals surface area contributed by atoms with Gasteiger partial charge in [0.15, 0.2) is 5.13 Å². The van der Waals surface area contributed by atoms with Crippen LogP contribution in [0.15, 0.2) is 24.3 Å². The number of nitrogen functional groups attached to an aromatic ring is 1. The summed E-state index contributed by atoms with van der Waals surface area (Å²) >= 11 is 1.31. The number of nitrogens with zero attached hydrogens (tertiary/aromatic N) is 3. The Morgan fingerprint density at radius 2 is 1.96 bits per heavy atom. The van der Waals surface area contributed by atoms with Crippen molar-refractivity contribution in [1.29, 1.82) is 0 Å². The number of amides is 1. The number of piperazine rings is 1. The highest BCUT2D eigenvalue weighted by Crippen LogP contribution is 2.23. The summed E-state index contributed by atoms with van der Waals surface area (Å²) in [4.78, 5) is 22.1. The SMILES string of the molecule is CCc1nc(N)sc1C(=O)N1CCN(Cc2ccccc2C)CC1. The van der Waals surface area contributed by atoms with Gasteiger partial charge in [-0.15, -0.1) is 0 Å². The first-order valence-corrected chi connectivity index (χ1v) is 9.21. The van der Waals surface area contributed by atoms with Gasteiger partial charge in [-0.2, -0.15) is 0 Å². The van der Waals surface area contributed by atoms with Crippen LogP contribution in [0.25, 0.3) is 0 Å². The van der Waals surface area contributed by atoms with Crippen molar-refractivity contribution in [1.82, 2.24) is 14.8 Å². The number of benzene rings is 1. The third-order valence-electron chi connectivity index (χ3n) is 4.56. The first-order valence-electron chi connectivity index (χ1n) is 8.39. The highest BCUT2D eigenvalue weighted by molar-refractivity contribution is 7.17. The van der Waals surface area contributed by atoms with E-state index in [1.165, 1.54) is 22.5 Å². The Kier molecular flexibility index (Phi) is 5.16. The largest absolute Gasteiger partial charge is 0.375 e. The van der Waals surface area contributed by atoms with Crippen LogP contribution in [-0.2, 0) is 13.0 Å². The van der Waals surface area contributed by atoms with Crippen LogP contribution in [0, 0.1) is 6.92 Å². The van der Waals surface area contributed by atoms with Crippen molar-refractivity contribution < 1.29 is 4.79 Å². The molecule has 2 N–H and O–H groups in total. The van der Waals surface area contributed by atoms with Gasteiger partial charge in [0.1, 0.15) is 4.88 Å². The summed E-state index contributed by atoms with van der Waals surface area (Å²) in [6.07, 6.45) is 0.738. The van der Waals surface area contributed by atoms with Gasteiger partial charge < -0.3 is 10.6 Å². The Morgan fingerprint density at radius 3 is 2.62 bits per heavy atom. The lowest BCUT2D eigenvalue weighted by molar-refractivity contribution is 0.0631. The second-order valence-electron chi connectivity index (χ2n) is 6.18. The molecule has 1 amide bonds. The first kappa shape index (κ1) is 16.9. The van der Waals surface area contributed by atoms with Gasteiger partial charge in [0.2, 0.25) is 0 Å². The van der Waals surface area contributed by atoms with E-state index in [0.29, 0.717) is 10.0 Å². The van der Waals surface area contributed by atoms with E-state index in [1.807, 2.05) is 11.8 Å². The monoisotopic (exact) mass is 344 g/mol. The quantitative estimate of drug-likeness (QED) is 0.926. The summed E-state index contributed by atoms with van der Waals surface area (Å²) in [6.45, 7) is 8.41. The molecule has 0 atom stereocenters. The van der Waals surface area contributed by atoms with Crippen molar-refractivity contribution in [3.05, 3.63) is 46.0 Å². The molecule has 24 heavy (non-hydrogen) atoms. The Labute approximate surface area is 147 Å². The lowest BCUT2D eigenvalue weighted by Gasteiger charge is -2.34. The third kappa shape index (κ3) is 3.60. The fourth-order valence-corrected chi connectivity index (χ4v) is 3.95. The van der Waals surface area contributed by atoms with Gasteiger partial charge in [-0.3, -0.25) is 9.69 Å². The second-order valence-corrected chi connectivity index (χ2v) is 7.21. The van der Waals surface area contributed by atoms with Crippen LogP contribution in [0.2, 0.25) is 0 Å². The van der Waals surface area contributed by atoms with E-state index < -0.39 is 0 Å². The van der Waals surface area contributed by atoms with E-state index in [4.69, 9.17) is 5.73 Å². The van der Waals surface area contributed by atoms with Crippen LogP contribution in [-0.4, -0.2) is 46.9 Å². The van der Waals surface area contributed by atoms with Gasteiger partial charge in [0.05, 0.1) is 5.69 Å². The van der Waals surface area contributed by atoms with E-state index in [1.54, 1.807) is 0 Å². The number of hydrogen-bond donors (Lipinski definition) is 1. The van der Waals surface area contributed by atoms with Gasteiger partial charge in [-0.05, 0) is 24.5 Å². The summed E-state index contributed by atoms with van der Waals surface area (Å²) in [5.41, 5.74) is 9.28. The fourth-order valence-electron chi connectivity index (χ4n) is 3.06. The second kappa shape index (κ2) is 7.32. The van der Waals surface area contributed by atoms with E-state index in [2.05, 4.69) is 41.1 Å². The maximum absolute atomic E-state index is 12.7. The molecule has 0 radical (unpaired) electrons. The molecule has 1 aromatic carbocycles. The number of carbonyl (C=O) groups excluding carboxylic acids is 1. The van der Waals surface area contributed by atoms with Crippen molar-refractivity contribution >= 4 is 22.4 Å². The molecule has 2 heterocycles. The summed E-state index contributed by atoms with van der Waals surface area (Å²) in [5.74, 6) is 0.0802. The van der Waals surface area contributed by atoms with Gasteiger partial charge in [0.25, 0.3) is 5.91 Å². The predicted octanol–water partition coefficient (Wildman–Crippen LogP) is 2.55. The molecule has 0 unspecified atom stereocenters. The van der Waals surface area contributed by atoms with Crippen LogP contribution in [0.1, 0.15) is 33.4 Å². The molecule has 0 spiro atoms. The summed E-state index contributed by atoms with van der Waals surface area (Å²) in [5, 5.41) is 0.480. The molecule has 1 saturated heterocycles. The lowest BCUT2D eigenvalue weighted by Crippen LogP contribution is -2.48. The van der Waals surface area contributed by atoms with Crippen molar-refractivity contribution in [2.24, 2.45) is 0 Å². The van der Waals surface area contributed by atoms with Gasteiger partial charge in [-0.25, -0.2) is 4.98 Å². The highest BCUT2D eigenvalue weighted by atomic mass is 32.1. The normalized spacial score (nSPS) is 15.7. The zero-order valence-electron chi connectivity index (χ0n) is 14.3. The maximum Gasteiger partial charge on any atom is 0.266 e. The predicted molar refractivity (Wildman–Crippen MR) is 98.3 cm³/mol. The molecule has 0 aliphatic carbocycles. The average molecular weight is 344 g/mol. The summed E-state index contributed by atoms with van der Waals surface area (Å²) in [6, 6.07) is 8.49. The van der Waals surface area contributed by atoms with E-state index >= 15 is 0 Å². The van der Waals surface area contributed by atoms with Crippen LogP contribution in [0.4, 0.5) is 5.13 Å². The molecule has 128 valence electrons. The number of anilines is 1. The molecule has 1 aromatic heterocycles. The number of aromatic nitrogens is 1. The van der Waals surface area contributed by atoms with Gasteiger partial charge >= 0.3 is 0 Å². The number of hydrogen-bond acceptors (Lipinski definition) is 5. The molecular formula is C18H24N4OS. The van der Waals surface area contributed by atoms with Crippen LogP contribution < -0.4 is 5.73 Å². The standard InChI is InChI=1S/C18H24N4OS/c1-3-15-16(24-18(19)20-15)17(23)22-10-8-21(9-11-22)12-14-7-5-4-6-13(14)2/h4-7H,3,8-12H2,1-2H3,(H2,19,20). The number of rotatable bonds is 4. The Balaban J connectivity index is 1.60. The van der Waals surface area contributed by atoms with E-state index in [0.717, 1.165) is 44.8 Å². The summed E-state index contributed by atoms with van der Waals surface area (Å²) < 4.78 is 0. The first-order chi connectivity index (χ1) is 11.6. The highest BCUT2D eigenvalue weighted by Gasteiger charge is 2.25. The number of thiazole rings is 1. The Bertz CT molecular complexity index is 720. The average Bonchev–Trinajstić information content (AvgIpc) is 2.98. The van der Waals surface area contributed by atoms with E-state index in [-0.39, 0.29) is 5.91 Å². The van der Waals surface area contributed by atoms with Crippen LogP contribution in [0.3, 0.4) is 0 Å². The van der Waals surface area contributed by atoms with Crippen LogP contribution in [0.5, 0.6) is 0 Å². The van der Waals surface area contributed by atoms with Gasteiger partial charge in [-0.1, -0.05) is 42.5 Å². The van der Waals surface area contributed by atoms with Crippen LogP contribution >= 0.6 is 11.3 Å². The van der Waals surface area contributed by atoms with Crippen molar-refractivity contribution in [2.45, 2.75) is 26.8 Å². The number of aryl methyl sites for hydroxylation is 2. The Morgan fingerprint density at radius 1 is 1.25 bits per heavy atom. The summed E-state index contributed by atoms with van der Waals surface area (Å²) in [7, 11) is 0. The van der Waals surface area contributed by atoms with E-state index in [9.17, 15) is 4.79 Å². The minimum atomic E-state index is 0.0802. The zero-order chi connectivity index (χ0) is 17.1. The molecule has 6 heteroatoms. The van der Waals surface area contributed by atoms with Crippen molar-refractivity contribution in [2.75, 3.05) is 31.9 Å². The van der Waals surface area contributed by atoms with Crippen molar-refractivity contribution in [3.63, 3.8) is 0 Å². The zero-order valence-corrected chi connectivity index (χ0v) is 15.1. The fraction of sp³-hybridized carbons (Fsp3) is 0.444.